The Labute approximate surface area is 163 Å². The van der Waals surface area contributed by atoms with Crippen molar-refractivity contribution < 1.29 is 9.59 Å². The van der Waals surface area contributed by atoms with Crippen LogP contribution in [0, 0.1) is 20.8 Å². The summed E-state index contributed by atoms with van der Waals surface area (Å²) in [7, 11) is 0. The van der Waals surface area contributed by atoms with Crippen molar-refractivity contribution in [2.24, 2.45) is 0 Å². The van der Waals surface area contributed by atoms with Gasteiger partial charge in [-0.25, -0.2) is 0 Å². The minimum Gasteiger partial charge on any atom is -0.325 e. The van der Waals surface area contributed by atoms with E-state index in [0.717, 1.165) is 16.8 Å². The predicted octanol–water partition coefficient (Wildman–Crippen LogP) is 4.96. The van der Waals surface area contributed by atoms with Crippen LogP contribution in [0.1, 0.15) is 23.6 Å². The van der Waals surface area contributed by atoms with Gasteiger partial charge in [-0.1, -0.05) is 23.7 Å². The summed E-state index contributed by atoms with van der Waals surface area (Å²) in [6.45, 7) is 7.67. The Morgan fingerprint density at radius 3 is 2.50 bits per heavy atom. The molecule has 0 bridgehead atoms. The summed E-state index contributed by atoms with van der Waals surface area (Å²) in [6, 6.07) is 11.2. The Hall–Kier alpha value is -1.98. The highest BCUT2D eigenvalue weighted by Crippen LogP contribution is 2.24. The Morgan fingerprint density at radius 1 is 1.08 bits per heavy atom. The predicted molar refractivity (Wildman–Crippen MR) is 111 cm³/mol. The number of thioether (sulfide) groups is 1. The Morgan fingerprint density at radius 2 is 1.81 bits per heavy atom. The Kier molecular flexibility index (Phi) is 7.12. The van der Waals surface area contributed by atoms with Crippen LogP contribution in [0.2, 0.25) is 5.02 Å². The van der Waals surface area contributed by atoms with E-state index < -0.39 is 0 Å². The standard InChI is InChI=1S/C20H23ClN2O2S/c1-12-8-9-16(10-13(12)2)22-19(24)11-26-15(4)20(25)23-18-7-5-6-17(21)14(18)3/h5-10,15H,11H2,1-4H3,(H,22,24)(H,23,25). The zero-order valence-corrected chi connectivity index (χ0v) is 16.9. The molecule has 4 nitrogen and oxygen atoms in total. The summed E-state index contributed by atoms with van der Waals surface area (Å²) >= 11 is 7.36. The number of carbonyl (C=O) groups excluding carboxylic acids is 2. The van der Waals surface area contributed by atoms with Crippen LogP contribution < -0.4 is 10.6 Å². The number of carbonyl (C=O) groups is 2. The third kappa shape index (κ3) is 5.51. The van der Waals surface area contributed by atoms with Gasteiger partial charge in [-0.15, -0.1) is 11.8 Å². The number of nitrogens with one attached hydrogen (secondary N) is 2. The fourth-order valence-electron chi connectivity index (χ4n) is 2.27. The van der Waals surface area contributed by atoms with Crippen molar-refractivity contribution in [2.75, 3.05) is 16.4 Å². The SMILES string of the molecule is Cc1ccc(NC(=O)CSC(C)C(=O)Nc2cccc(Cl)c2C)cc1C. The zero-order valence-electron chi connectivity index (χ0n) is 15.4. The average Bonchev–Trinajstić information content (AvgIpc) is 2.60. The number of hydrogen-bond donors (Lipinski definition) is 2. The molecule has 138 valence electrons. The highest BCUT2D eigenvalue weighted by molar-refractivity contribution is 8.01. The van der Waals surface area contributed by atoms with Crippen LogP contribution in [0.4, 0.5) is 11.4 Å². The summed E-state index contributed by atoms with van der Waals surface area (Å²) in [5, 5.41) is 5.97. The van der Waals surface area contributed by atoms with Crippen LogP contribution in [-0.2, 0) is 9.59 Å². The van der Waals surface area contributed by atoms with Crippen molar-refractivity contribution in [3.8, 4) is 0 Å². The number of amides is 2. The normalized spacial score (nSPS) is 11.7. The molecule has 0 aromatic heterocycles. The molecule has 2 aromatic rings. The van der Waals surface area contributed by atoms with Crippen molar-refractivity contribution in [1.82, 2.24) is 0 Å². The first kappa shape index (κ1) is 20.3. The number of halogens is 1. The number of rotatable bonds is 6. The molecule has 6 heteroatoms. The molecular weight excluding hydrogens is 368 g/mol. The van der Waals surface area contributed by atoms with Gasteiger partial charge in [-0.2, -0.15) is 0 Å². The molecule has 0 saturated heterocycles. The summed E-state index contributed by atoms with van der Waals surface area (Å²) in [6.07, 6.45) is 0. The van der Waals surface area contributed by atoms with Gasteiger partial charge >= 0.3 is 0 Å². The van der Waals surface area contributed by atoms with Gasteiger partial charge in [-0.05, 0) is 68.7 Å². The first-order valence-corrected chi connectivity index (χ1v) is 9.75. The van der Waals surface area contributed by atoms with Crippen molar-refractivity contribution in [1.29, 1.82) is 0 Å². The molecule has 0 fully saturated rings. The fraction of sp³-hybridized carbons (Fsp3) is 0.300. The molecule has 2 aromatic carbocycles. The summed E-state index contributed by atoms with van der Waals surface area (Å²) in [4.78, 5) is 24.4. The zero-order chi connectivity index (χ0) is 19.3. The molecule has 26 heavy (non-hydrogen) atoms. The largest absolute Gasteiger partial charge is 0.325 e. The number of hydrogen-bond acceptors (Lipinski definition) is 3. The first-order chi connectivity index (χ1) is 12.3. The lowest BCUT2D eigenvalue weighted by Gasteiger charge is -2.14. The fourth-order valence-corrected chi connectivity index (χ4v) is 3.13. The lowest BCUT2D eigenvalue weighted by Crippen LogP contribution is -2.25. The molecule has 1 unspecified atom stereocenters. The second-order valence-corrected chi connectivity index (χ2v) is 7.94. The van der Waals surface area contributed by atoms with E-state index in [2.05, 4.69) is 10.6 Å². The van der Waals surface area contributed by atoms with Crippen LogP contribution >= 0.6 is 23.4 Å². The lowest BCUT2D eigenvalue weighted by atomic mass is 10.1. The summed E-state index contributed by atoms with van der Waals surface area (Å²) in [5.74, 6) is -0.0769. The molecule has 2 rings (SSSR count). The third-order valence-electron chi connectivity index (χ3n) is 4.15. The molecule has 2 N–H and O–H groups in total. The maximum Gasteiger partial charge on any atom is 0.237 e. The Balaban J connectivity index is 1.85. The van der Waals surface area contributed by atoms with Crippen LogP contribution in [0.25, 0.3) is 0 Å². The molecule has 0 spiro atoms. The first-order valence-electron chi connectivity index (χ1n) is 8.32. The highest BCUT2D eigenvalue weighted by Gasteiger charge is 2.16. The second kappa shape index (κ2) is 9.10. The van der Waals surface area contributed by atoms with Crippen LogP contribution in [0.3, 0.4) is 0 Å². The Bertz CT molecular complexity index is 823. The van der Waals surface area contributed by atoms with E-state index in [1.165, 1.54) is 17.3 Å². The minimum atomic E-state index is -0.362. The molecule has 1 atom stereocenters. The monoisotopic (exact) mass is 390 g/mol. The number of anilines is 2. The topological polar surface area (TPSA) is 58.2 Å². The van der Waals surface area contributed by atoms with E-state index >= 15 is 0 Å². The average molecular weight is 391 g/mol. The maximum atomic E-state index is 12.3. The summed E-state index contributed by atoms with van der Waals surface area (Å²) < 4.78 is 0. The van der Waals surface area contributed by atoms with E-state index in [0.29, 0.717) is 10.7 Å². The lowest BCUT2D eigenvalue weighted by molar-refractivity contribution is -0.115. The van der Waals surface area contributed by atoms with E-state index in [9.17, 15) is 9.59 Å². The molecule has 0 aliphatic carbocycles. The van der Waals surface area contributed by atoms with Gasteiger partial charge in [0.05, 0.1) is 11.0 Å². The van der Waals surface area contributed by atoms with E-state index in [-0.39, 0.29) is 22.8 Å². The van der Waals surface area contributed by atoms with E-state index in [4.69, 9.17) is 11.6 Å². The van der Waals surface area contributed by atoms with Crippen molar-refractivity contribution in [3.05, 3.63) is 58.1 Å². The molecule has 0 radical (unpaired) electrons. The van der Waals surface area contributed by atoms with E-state index in [1.54, 1.807) is 19.1 Å². The van der Waals surface area contributed by atoms with Crippen LogP contribution in [0.5, 0.6) is 0 Å². The number of benzene rings is 2. The van der Waals surface area contributed by atoms with Crippen LogP contribution in [-0.4, -0.2) is 22.8 Å². The molecule has 0 aliphatic rings. The third-order valence-corrected chi connectivity index (χ3v) is 5.70. The van der Waals surface area contributed by atoms with Gasteiger partial charge in [0.2, 0.25) is 11.8 Å². The quantitative estimate of drug-likeness (QED) is 0.732. The van der Waals surface area contributed by atoms with Crippen molar-refractivity contribution in [2.45, 2.75) is 32.9 Å². The molecule has 0 aliphatic heterocycles. The van der Waals surface area contributed by atoms with Crippen LogP contribution in [0.15, 0.2) is 36.4 Å². The molecular formula is C20H23ClN2O2S. The van der Waals surface area contributed by atoms with Gasteiger partial charge in [0.25, 0.3) is 0 Å². The van der Waals surface area contributed by atoms with Crippen molar-refractivity contribution in [3.63, 3.8) is 0 Å². The van der Waals surface area contributed by atoms with Gasteiger partial charge in [-0.3, -0.25) is 9.59 Å². The molecule has 0 heterocycles. The number of aryl methyl sites for hydroxylation is 2. The van der Waals surface area contributed by atoms with Gasteiger partial charge in [0.1, 0.15) is 0 Å². The maximum absolute atomic E-state index is 12.3. The molecule has 0 saturated carbocycles. The van der Waals surface area contributed by atoms with E-state index in [1.807, 2.05) is 45.0 Å². The smallest absolute Gasteiger partial charge is 0.237 e. The second-order valence-electron chi connectivity index (χ2n) is 6.20. The van der Waals surface area contributed by atoms with Gasteiger partial charge in [0.15, 0.2) is 0 Å². The van der Waals surface area contributed by atoms with Gasteiger partial charge in [0, 0.05) is 16.4 Å². The minimum absolute atomic E-state index is 0.128. The summed E-state index contributed by atoms with van der Waals surface area (Å²) in [5.41, 5.74) is 4.59. The molecule has 2 amide bonds. The van der Waals surface area contributed by atoms with Gasteiger partial charge < -0.3 is 10.6 Å². The highest BCUT2D eigenvalue weighted by atomic mass is 35.5. The van der Waals surface area contributed by atoms with Crippen molar-refractivity contribution >= 4 is 46.6 Å².